The lowest BCUT2D eigenvalue weighted by atomic mass is 10.2. The van der Waals surface area contributed by atoms with Gasteiger partial charge in [-0.3, -0.25) is 4.79 Å². The monoisotopic (exact) mass is 213 g/mol. The molecule has 6 nitrogen and oxygen atoms in total. The van der Waals surface area contributed by atoms with Gasteiger partial charge in [0.2, 0.25) is 5.91 Å². The first-order chi connectivity index (χ1) is 6.70. The zero-order valence-corrected chi connectivity index (χ0v) is 9.27. The molecule has 0 atom stereocenters. The zero-order chi connectivity index (χ0) is 12.1. The number of carbonyl (C=O) groups is 2. The Bertz CT molecular complexity index is 313. The third-order valence-electron chi connectivity index (χ3n) is 1.03. The van der Waals surface area contributed by atoms with Crippen molar-refractivity contribution in [1.82, 2.24) is 0 Å². The van der Waals surface area contributed by atoms with E-state index in [1.807, 2.05) is 0 Å². The maximum absolute atomic E-state index is 11.0. The molecule has 0 spiro atoms. The molecule has 0 aliphatic rings. The first kappa shape index (κ1) is 13.3. The summed E-state index contributed by atoms with van der Waals surface area (Å²) in [4.78, 5) is 21.4. The molecule has 0 unspecified atom stereocenters. The van der Waals surface area contributed by atoms with Crippen molar-refractivity contribution < 1.29 is 14.3 Å². The molecule has 0 rings (SSSR count). The van der Waals surface area contributed by atoms with Crippen molar-refractivity contribution in [3.05, 3.63) is 11.8 Å². The molecular weight excluding hydrogens is 198 g/mol. The minimum Gasteiger partial charge on any atom is -0.441 e. The van der Waals surface area contributed by atoms with Crippen molar-refractivity contribution in [3.8, 4) is 0 Å². The molecule has 0 saturated heterocycles. The summed E-state index contributed by atoms with van der Waals surface area (Å²) >= 11 is 0. The van der Waals surface area contributed by atoms with Crippen LogP contribution in [0.2, 0.25) is 0 Å². The van der Waals surface area contributed by atoms with E-state index in [0.29, 0.717) is 0 Å². The molecule has 0 aromatic carbocycles. The van der Waals surface area contributed by atoms with Gasteiger partial charge >= 0.3 is 6.09 Å². The van der Waals surface area contributed by atoms with E-state index in [0.717, 1.165) is 6.08 Å². The Hall–Kier alpha value is -1.72. The Morgan fingerprint density at radius 3 is 2.20 bits per heavy atom. The van der Waals surface area contributed by atoms with Crippen LogP contribution in [0.3, 0.4) is 0 Å². The maximum atomic E-state index is 11.0. The van der Waals surface area contributed by atoms with Crippen molar-refractivity contribution >= 4 is 12.0 Å². The number of nitrogens with zero attached hydrogens (tertiary/aromatic N) is 2. The second-order valence-corrected chi connectivity index (χ2v) is 3.87. The van der Waals surface area contributed by atoms with Gasteiger partial charge in [-0.15, -0.1) is 5.11 Å². The number of ether oxygens (including phenoxy) is 1. The van der Waals surface area contributed by atoms with Crippen LogP contribution in [0.25, 0.3) is 0 Å². The quantitative estimate of drug-likeness (QED) is 0.559. The van der Waals surface area contributed by atoms with Crippen LogP contribution in [-0.4, -0.2) is 17.6 Å². The van der Waals surface area contributed by atoms with E-state index >= 15 is 0 Å². The van der Waals surface area contributed by atoms with E-state index in [9.17, 15) is 9.59 Å². The van der Waals surface area contributed by atoms with Gasteiger partial charge < -0.3 is 10.5 Å². The van der Waals surface area contributed by atoms with Crippen molar-refractivity contribution in [3.63, 3.8) is 0 Å². The maximum Gasteiger partial charge on any atom is 0.452 e. The van der Waals surface area contributed by atoms with Crippen molar-refractivity contribution in [2.24, 2.45) is 16.0 Å². The van der Waals surface area contributed by atoms with Crippen LogP contribution in [0.4, 0.5) is 4.79 Å². The fourth-order valence-corrected chi connectivity index (χ4v) is 0.637. The molecule has 0 aromatic heterocycles. The lowest BCUT2D eigenvalue weighted by molar-refractivity contribution is -0.113. The number of carbonyl (C=O) groups excluding carboxylic acids is 2. The van der Waals surface area contributed by atoms with Gasteiger partial charge in [-0.2, -0.15) is 0 Å². The van der Waals surface area contributed by atoms with E-state index in [4.69, 9.17) is 10.5 Å². The van der Waals surface area contributed by atoms with E-state index in [-0.39, 0.29) is 5.70 Å². The third-order valence-corrected chi connectivity index (χ3v) is 1.03. The minimum absolute atomic E-state index is 0.244. The molecule has 0 aliphatic heterocycles. The number of azo groups is 1. The fourth-order valence-electron chi connectivity index (χ4n) is 0.637. The number of rotatable bonds is 2. The largest absolute Gasteiger partial charge is 0.452 e. The molecule has 0 saturated carbocycles. The average Bonchev–Trinajstić information content (AvgIpc) is 1.96. The predicted molar refractivity (Wildman–Crippen MR) is 54.0 cm³/mol. The van der Waals surface area contributed by atoms with Crippen LogP contribution in [0.5, 0.6) is 0 Å². The number of hydrogen-bond acceptors (Lipinski definition) is 4. The molecule has 0 aliphatic carbocycles. The van der Waals surface area contributed by atoms with Gasteiger partial charge in [0.1, 0.15) is 5.60 Å². The van der Waals surface area contributed by atoms with Crippen LogP contribution in [0.15, 0.2) is 22.0 Å². The molecule has 0 aromatic rings. The highest BCUT2D eigenvalue weighted by Gasteiger charge is 2.15. The van der Waals surface area contributed by atoms with E-state index in [1.165, 1.54) is 6.92 Å². The fraction of sp³-hybridized carbons (Fsp3) is 0.556. The molecule has 0 radical (unpaired) electrons. The normalized spacial score (nSPS) is 12.9. The third kappa shape index (κ3) is 8.61. The number of allylic oxidation sites excluding steroid dienone is 1. The zero-order valence-electron chi connectivity index (χ0n) is 9.27. The Balaban J connectivity index is 4.30. The lowest BCUT2D eigenvalue weighted by Crippen LogP contribution is -2.21. The molecule has 2 N–H and O–H groups in total. The summed E-state index contributed by atoms with van der Waals surface area (Å²) in [5.74, 6) is -0.643. The van der Waals surface area contributed by atoms with Crippen LogP contribution < -0.4 is 5.73 Å². The summed E-state index contributed by atoms with van der Waals surface area (Å²) in [6.07, 6.45) is 0.258. The highest BCUT2D eigenvalue weighted by molar-refractivity contribution is 5.86. The number of nitrogens with two attached hydrogens (primary N) is 1. The molecule has 15 heavy (non-hydrogen) atoms. The highest BCUT2D eigenvalue weighted by atomic mass is 16.6. The molecule has 84 valence electrons. The van der Waals surface area contributed by atoms with Crippen LogP contribution in [-0.2, 0) is 9.53 Å². The summed E-state index contributed by atoms with van der Waals surface area (Å²) in [6.45, 7) is 6.64. The second-order valence-electron chi connectivity index (χ2n) is 3.87. The summed E-state index contributed by atoms with van der Waals surface area (Å²) < 4.78 is 4.85. The van der Waals surface area contributed by atoms with Gasteiger partial charge in [-0.25, -0.2) is 4.79 Å². The van der Waals surface area contributed by atoms with E-state index in [1.54, 1.807) is 20.8 Å². The Morgan fingerprint density at radius 2 is 1.80 bits per heavy atom. The van der Waals surface area contributed by atoms with Gasteiger partial charge in [0.25, 0.3) is 0 Å². The standard InChI is InChI=1S/C9H15N3O3/c1-6(5-7(10)13)11-12-8(14)15-9(2,3)4/h5H,1-4H3,(H2,10,13)/b6-5+,12-11?. The summed E-state index contributed by atoms with van der Waals surface area (Å²) in [5.41, 5.74) is 4.50. The molecule has 0 bridgehead atoms. The lowest BCUT2D eigenvalue weighted by Gasteiger charge is -2.16. The molecular formula is C9H15N3O3. The molecule has 0 heterocycles. The predicted octanol–water partition coefficient (Wildman–Crippen LogP) is 1.76. The number of primary amides is 1. The first-order valence-corrected chi connectivity index (χ1v) is 4.33. The average molecular weight is 213 g/mol. The summed E-state index contributed by atoms with van der Waals surface area (Å²) in [6, 6.07) is 0. The molecule has 0 fully saturated rings. The Morgan fingerprint density at radius 1 is 1.27 bits per heavy atom. The SMILES string of the molecule is C/C(=C\C(N)=O)N=NC(=O)OC(C)(C)C. The van der Waals surface area contributed by atoms with Crippen LogP contribution in [0.1, 0.15) is 27.7 Å². The minimum atomic E-state index is -0.806. The Kier molecular flexibility index (Phi) is 4.63. The van der Waals surface area contributed by atoms with Crippen LogP contribution >= 0.6 is 0 Å². The van der Waals surface area contributed by atoms with Crippen LogP contribution in [0, 0.1) is 0 Å². The van der Waals surface area contributed by atoms with E-state index in [2.05, 4.69) is 10.2 Å². The van der Waals surface area contributed by atoms with Gasteiger partial charge in [0.05, 0.1) is 5.70 Å². The summed E-state index contributed by atoms with van der Waals surface area (Å²) in [7, 11) is 0. The molecule has 6 heteroatoms. The van der Waals surface area contributed by atoms with Gasteiger partial charge in [0.15, 0.2) is 0 Å². The van der Waals surface area contributed by atoms with Crippen molar-refractivity contribution in [1.29, 1.82) is 0 Å². The molecule has 2 amide bonds. The van der Waals surface area contributed by atoms with Gasteiger partial charge in [0, 0.05) is 6.08 Å². The smallest absolute Gasteiger partial charge is 0.441 e. The van der Waals surface area contributed by atoms with Gasteiger partial charge in [-0.1, -0.05) is 5.11 Å². The first-order valence-electron chi connectivity index (χ1n) is 4.33. The van der Waals surface area contributed by atoms with Crippen molar-refractivity contribution in [2.75, 3.05) is 0 Å². The number of amides is 2. The number of hydrogen-bond donors (Lipinski definition) is 1. The van der Waals surface area contributed by atoms with Crippen molar-refractivity contribution in [2.45, 2.75) is 33.3 Å². The van der Waals surface area contributed by atoms with Gasteiger partial charge in [-0.05, 0) is 27.7 Å². The second kappa shape index (κ2) is 5.23. The Labute approximate surface area is 88.2 Å². The highest BCUT2D eigenvalue weighted by Crippen LogP contribution is 2.08. The summed E-state index contributed by atoms with van der Waals surface area (Å²) in [5, 5.41) is 6.71. The van der Waals surface area contributed by atoms with E-state index < -0.39 is 17.6 Å². The topological polar surface area (TPSA) is 94.1 Å².